The molecule has 0 aliphatic heterocycles. The molecule has 1 saturated carbocycles. The van der Waals surface area contributed by atoms with Gasteiger partial charge in [-0.3, -0.25) is 0 Å². The fourth-order valence-electron chi connectivity index (χ4n) is 2.16. The molecule has 1 aromatic rings. The van der Waals surface area contributed by atoms with Crippen LogP contribution in [-0.2, 0) is 0 Å². The lowest BCUT2D eigenvalue weighted by Gasteiger charge is -2.35. The average molecular weight is 230 g/mol. The predicted molar refractivity (Wildman–Crippen MR) is 68.1 cm³/mol. The number of aryl methyl sites for hydroxylation is 1. The van der Waals surface area contributed by atoms with E-state index >= 15 is 0 Å². The van der Waals surface area contributed by atoms with Gasteiger partial charge in [0.15, 0.2) is 0 Å². The summed E-state index contributed by atoms with van der Waals surface area (Å²) in [4.78, 5) is 0. The van der Waals surface area contributed by atoms with E-state index in [9.17, 15) is 5.26 Å². The summed E-state index contributed by atoms with van der Waals surface area (Å²) < 4.78 is 5.31. The second kappa shape index (κ2) is 4.67. The monoisotopic (exact) mass is 230 g/mol. The number of hydrogen-bond donors (Lipinski definition) is 1. The molecule has 0 heterocycles. The summed E-state index contributed by atoms with van der Waals surface area (Å²) >= 11 is 0. The van der Waals surface area contributed by atoms with Crippen LogP contribution in [-0.4, -0.2) is 13.7 Å². The van der Waals surface area contributed by atoms with E-state index < -0.39 is 0 Å². The van der Waals surface area contributed by atoms with Crippen molar-refractivity contribution in [3.63, 3.8) is 0 Å². The van der Waals surface area contributed by atoms with E-state index in [2.05, 4.69) is 17.5 Å². The molecule has 0 radical (unpaired) electrons. The summed E-state index contributed by atoms with van der Waals surface area (Å²) in [6.45, 7) is 2.76. The molecule has 2 rings (SSSR count). The Balaban J connectivity index is 2.08. The molecule has 0 amide bonds. The number of nitriles is 1. The maximum atomic E-state index is 9.17. The van der Waals surface area contributed by atoms with Crippen molar-refractivity contribution in [2.24, 2.45) is 5.41 Å². The number of methoxy groups -OCH3 is 1. The summed E-state index contributed by atoms with van der Waals surface area (Å²) in [5, 5.41) is 12.5. The number of nitrogens with one attached hydrogen (secondary N) is 1. The first-order chi connectivity index (χ1) is 8.19. The second-order valence-corrected chi connectivity index (χ2v) is 4.80. The van der Waals surface area contributed by atoms with Gasteiger partial charge in [-0.1, -0.05) is 12.5 Å². The first-order valence-electron chi connectivity index (χ1n) is 5.99. The molecule has 1 aliphatic carbocycles. The summed E-state index contributed by atoms with van der Waals surface area (Å²) in [6.07, 6.45) is 3.18. The minimum Gasteiger partial charge on any atom is -0.495 e. The Labute approximate surface area is 102 Å². The highest BCUT2D eigenvalue weighted by atomic mass is 16.5. The van der Waals surface area contributed by atoms with Gasteiger partial charge in [-0.05, 0) is 37.5 Å². The van der Waals surface area contributed by atoms with Crippen LogP contribution in [0.3, 0.4) is 0 Å². The van der Waals surface area contributed by atoms with Gasteiger partial charge in [0.05, 0.1) is 24.3 Å². The molecule has 0 saturated heterocycles. The van der Waals surface area contributed by atoms with Gasteiger partial charge in [0.1, 0.15) is 5.75 Å². The zero-order valence-corrected chi connectivity index (χ0v) is 10.4. The van der Waals surface area contributed by atoms with E-state index in [4.69, 9.17) is 4.74 Å². The lowest BCUT2D eigenvalue weighted by Crippen LogP contribution is -2.35. The van der Waals surface area contributed by atoms with Crippen LogP contribution in [0.5, 0.6) is 5.75 Å². The number of rotatable bonds is 4. The predicted octanol–water partition coefficient (Wildman–Crippen LogP) is 3.11. The van der Waals surface area contributed by atoms with Gasteiger partial charge in [0.25, 0.3) is 0 Å². The topological polar surface area (TPSA) is 45.0 Å². The first kappa shape index (κ1) is 11.8. The summed E-state index contributed by atoms with van der Waals surface area (Å²) in [5.41, 5.74) is 2.01. The van der Waals surface area contributed by atoms with Gasteiger partial charge in [-0.2, -0.15) is 5.26 Å². The number of anilines is 1. The minimum absolute atomic E-state index is 0.158. The Morgan fingerprint density at radius 3 is 2.76 bits per heavy atom. The Bertz CT molecular complexity index is 444. The fourth-order valence-corrected chi connectivity index (χ4v) is 2.16. The SMILES string of the molecule is COc1ccc(C)cc1NCC1(C#N)CCC1. The zero-order chi connectivity index (χ0) is 12.3. The lowest BCUT2D eigenvalue weighted by molar-refractivity contribution is 0.233. The van der Waals surface area contributed by atoms with E-state index in [1.807, 2.05) is 19.1 Å². The number of ether oxygens (including phenoxy) is 1. The van der Waals surface area contributed by atoms with Crippen molar-refractivity contribution in [3.8, 4) is 11.8 Å². The molecule has 1 N–H and O–H groups in total. The Hall–Kier alpha value is -1.69. The molecule has 90 valence electrons. The number of benzene rings is 1. The molecular weight excluding hydrogens is 212 g/mol. The Kier molecular flexibility index (Phi) is 3.23. The average Bonchev–Trinajstić information content (AvgIpc) is 2.28. The van der Waals surface area contributed by atoms with E-state index in [1.165, 1.54) is 12.0 Å². The number of hydrogen-bond acceptors (Lipinski definition) is 3. The smallest absolute Gasteiger partial charge is 0.141 e. The van der Waals surface area contributed by atoms with Crippen LogP contribution >= 0.6 is 0 Å². The van der Waals surface area contributed by atoms with Crippen LogP contribution < -0.4 is 10.1 Å². The molecular formula is C14H18N2O. The van der Waals surface area contributed by atoms with Gasteiger partial charge in [0.2, 0.25) is 0 Å². The van der Waals surface area contributed by atoms with E-state index in [-0.39, 0.29) is 5.41 Å². The molecule has 17 heavy (non-hydrogen) atoms. The van der Waals surface area contributed by atoms with E-state index in [1.54, 1.807) is 7.11 Å². The van der Waals surface area contributed by atoms with Crippen LogP contribution in [0.2, 0.25) is 0 Å². The second-order valence-electron chi connectivity index (χ2n) is 4.80. The zero-order valence-electron chi connectivity index (χ0n) is 10.4. The van der Waals surface area contributed by atoms with Crippen LogP contribution in [0.15, 0.2) is 18.2 Å². The maximum absolute atomic E-state index is 9.17. The van der Waals surface area contributed by atoms with Crippen LogP contribution in [0.25, 0.3) is 0 Å². The Morgan fingerprint density at radius 1 is 1.47 bits per heavy atom. The first-order valence-corrected chi connectivity index (χ1v) is 5.99. The molecule has 1 aromatic carbocycles. The third kappa shape index (κ3) is 2.36. The van der Waals surface area contributed by atoms with Crippen LogP contribution in [0, 0.1) is 23.7 Å². The largest absolute Gasteiger partial charge is 0.495 e. The molecule has 3 heteroatoms. The minimum atomic E-state index is -0.158. The van der Waals surface area contributed by atoms with Crippen molar-refractivity contribution in [1.29, 1.82) is 5.26 Å². The van der Waals surface area contributed by atoms with Crippen molar-refractivity contribution in [2.75, 3.05) is 19.0 Å². The van der Waals surface area contributed by atoms with Crippen molar-refractivity contribution in [2.45, 2.75) is 26.2 Å². The molecule has 1 aliphatic rings. The molecule has 0 spiro atoms. The third-order valence-corrected chi connectivity index (χ3v) is 3.52. The van der Waals surface area contributed by atoms with Gasteiger partial charge in [-0.25, -0.2) is 0 Å². The highest BCUT2D eigenvalue weighted by Crippen LogP contribution is 2.40. The van der Waals surface area contributed by atoms with Crippen LogP contribution in [0.4, 0.5) is 5.69 Å². The van der Waals surface area contributed by atoms with E-state index in [0.717, 1.165) is 24.3 Å². The maximum Gasteiger partial charge on any atom is 0.141 e. The lowest BCUT2D eigenvalue weighted by atomic mass is 9.70. The molecule has 0 atom stereocenters. The standard InChI is InChI=1S/C14H18N2O/c1-11-4-5-13(17-2)12(8-11)16-10-14(9-15)6-3-7-14/h4-5,8,16H,3,6-7,10H2,1-2H3. The summed E-state index contributed by atoms with van der Waals surface area (Å²) in [5.74, 6) is 0.836. The Morgan fingerprint density at radius 2 is 2.24 bits per heavy atom. The molecule has 0 unspecified atom stereocenters. The fraction of sp³-hybridized carbons (Fsp3) is 0.500. The molecule has 0 bridgehead atoms. The number of nitrogens with zero attached hydrogens (tertiary/aromatic N) is 1. The van der Waals surface area contributed by atoms with Gasteiger partial charge in [-0.15, -0.1) is 0 Å². The summed E-state index contributed by atoms with van der Waals surface area (Å²) in [6, 6.07) is 8.47. The normalized spacial score (nSPS) is 16.8. The van der Waals surface area contributed by atoms with Gasteiger partial charge in [0, 0.05) is 6.54 Å². The third-order valence-electron chi connectivity index (χ3n) is 3.52. The molecule has 0 aromatic heterocycles. The van der Waals surface area contributed by atoms with Crippen molar-refractivity contribution >= 4 is 5.69 Å². The van der Waals surface area contributed by atoms with Gasteiger partial charge >= 0.3 is 0 Å². The molecule has 1 fully saturated rings. The van der Waals surface area contributed by atoms with Crippen molar-refractivity contribution in [3.05, 3.63) is 23.8 Å². The highest BCUT2D eigenvalue weighted by molar-refractivity contribution is 5.58. The quantitative estimate of drug-likeness (QED) is 0.864. The molecule has 3 nitrogen and oxygen atoms in total. The van der Waals surface area contributed by atoms with E-state index in [0.29, 0.717) is 6.54 Å². The van der Waals surface area contributed by atoms with Crippen molar-refractivity contribution in [1.82, 2.24) is 0 Å². The van der Waals surface area contributed by atoms with Crippen molar-refractivity contribution < 1.29 is 4.74 Å². The van der Waals surface area contributed by atoms with Gasteiger partial charge < -0.3 is 10.1 Å². The highest BCUT2D eigenvalue weighted by Gasteiger charge is 2.37. The summed E-state index contributed by atoms with van der Waals surface area (Å²) in [7, 11) is 1.67. The van der Waals surface area contributed by atoms with Crippen LogP contribution in [0.1, 0.15) is 24.8 Å².